The molecule has 0 atom stereocenters. The van der Waals surface area contributed by atoms with Crippen molar-refractivity contribution >= 4 is 27.8 Å². The van der Waals surface area contributed by atoms with Crippen LogP contribution in [0.2, 0.25) is 0 Å². The normalized spacial score (nSPS) is 9.92. The second kappa shape index (κ2) is 3.27. The van der Waals surface area contributed by atoms with E-state index in [-0.39, 0.29) is 0 Å². The number of nitrogen functional groups attached to an aromatic ring is 1. The lowest BCUT2D eigenvalue weighted by atomic mass is 10.1. The number of anilines is 1. The third kappa shape index (κ3) is 1.37. The van der Waals surface area contributed by atoms with Gasteiger partial charge in [-0.1, -0.05) is 0 Å². The van der Waals surface area contributed by atoms with Crippen molar-refractivity contribution < 1.29 is 0 Å². The zero-order chi connectivity index (χ0) is 9.30. The largest absolute Gasteiger partial charge is 0.398 e. The molecule has 0 heterocycles. The molecule has 0 saturated heterocycles. The Hall–Kier alpha value is -0.830. The monoisotopic (exact) mass is 226 g/mol. The second-order valence-corrected chi connectivity index (χ2v) is 3.57. The Kier molecular flexibility index (Phi) is 2.52. The molecule has 0 aliphatic rings. The average molecular weight is 227 g/mol. The topological polar surface area (TPSA) is 49.9 Å². The number of hydrogen-bond donors (Lipinski definition) is 2. The molecule has 0 bridgehead atoms. The molecule has 1 aromatic rings. The first-order valence-electron chi connectivity index (χ1n) is 3.63. The van der Waals surface area contributed by atoms with E-state index in [0.717, 1.165) is 21.2 Å². The summed E-state index contributed by atoms with van der Waals surface area (Å²) in [4.78, 5) is 0. The van der Waals surface area contributed by atoms with Crippen molar-refractivity contribution in [3.63, 3.8) is 0 Å². The Labute approximate surface area is 80.4 Å². The maximum absolute atomic E-state index is 7.16. The van der Waals surface area contributed by atoms with Crippen molar-refractivity contribution in [2.24, 2.45) is 0 Å². The minimum Gasteiger partial charge on any atom is -0.398 e. The summed E-state index contributed by atoms with van der Waals surface area (Å²) in [6.45, 7) is 4.01. The molecule has 1 aromatic carbocycles. The predicted molar refractivity (Wildman–Crippen MR) is 55.9 cm³/mol. The van der Waals surface area contributed by atoms with Crippen molar-refractivity contribution in [1.29, 1.82) is 5.41 Å². The van der Waals surface area contributed by atoms with Gasteiger partial charge in [-0.2, -0.15) is 0 Å². The van der Waals surface area contributed by atoms with Crippen LogP contribution in [0.3, 0.4) is 0 Å². The highest BCUT2D eigenvalue weighted by atomic mass is 79.9. The highest BCUT2D eigenvalue weighted by Crippen LogP contribution is 2.27. The first kappa shape index (κ1) is 9.26. The average Bonchev–Trinajstić information content (AvgIpc) is 2.01. The van der Waals surface area contributed by atoms with E-state index >= 15 is 0 Å². The van der Waals surface area contributed by atoms with Crippen LogP contribution in [-0.2, 0) is 0 Å². The van der Waals surface area contributed by atoms with Gasteiger partial charge in [0.1, 0.15) is 0 Å². The van der Waals surface area contributed by atoms with Crippen LogP contribution in [0.25, 0.3) is 0 Å². The first-order chi connectivity index (χ1) is 5.57. The van der Waals surface area contributed by atoms with E-state index in [1.165, 1.54) is 6.21 Å². The quantitative estimate of drug-likeness (QED) is 0.562. The van der Waals surface area contributed by atoms with Gasteiger partial charge in [-0.3, -0.25) is 0 Å². The number of halogens is 1. The zero-order valence-electron chi connectivity index (χ0n) is 7.11. The molecule has 0 spiro atoms. The van der Waals surface area contributed by atoms with E-state index in [1.54, 1.807) is 0 Å². The molecule has 0 fully saturated rings. The van der Waals surface area contributed by atoms with E-state index in [2.05, 4.69) is 15.9 Å². The van der Waals surface area contributed by atoms with Gasteiger partial charge < -0.3 is 11.1 Å². The van der Waals surface area contributed by atoms with Crippen LogP contribution >= 0.6 is 15.9 Å². The van der Waals surface area contributed by atoms with E-state index in [4.69, 9.17) is 11.1 Å². The molecule has 3 N–H and O–H groups in total. The molecule has 2 nitrogen and oxygen atoms in total. The molecule has 0 unspecified atom stereocenters. The Morgan fingerprint density at radius 3 is 2.58 bits per heavy atom. The van der Waals surface area contributed by atoms with Gasteiger partial charge in [-0.05, 0) is 47.0 Å². The Morgan fingerprint density at radius 2 is 2.08 bits per heavy atom. The van der Waals surface area contributed by atoms with Crippen LogP contribution in [0.1, 0.15) is 16.7 Å². The number of rotatable bonds is 1. The highest BCUT2D eigenvalue weighted by Gasteiger charge is 2.06. The third-order valence-electron chi connectivity index (χ3n) is 1.98. The maximum atomic E-state index is 7.16. The van der Waals surface area contributed by atoms with Gasteiger partial charge in [0.05, 0.1) is 0 Å². The van der Waals surface area contributed by atoms with E-state index < -0.39 is 0 Å². The van der Waals surface area contributed by atoms with Crippen LogP contribution in [0.15, 0.2) is 10.5 Å². The summed E-state index contributed by atoms with van der Waals surface area (Å²) in [5, 5.41) is 7.16. The smallest absolute Gasteiger partial charge is 0.0417 e. The molecule has 0 aliphatic heterocycles. The van der Waals surface area contributed by atoms with Crippen LogP contribution < -0.4 is 5.73 Å². The summed E-state index contributed by atoms with van der Waals surface area (Å²) in [6, 6.07) is 1.89. The number of hydrogen-bond acceptors (Lipinski definition) is 2. The zero-order valence-corrected chi connectivity index (χ0v) is 8.70. The fourth-order valence-corrected chi connectivity index (χ4v) is 1.72. The molecule has 1 rings (SSSR count). The van der Waals surface area contributed by atoms with Crippen LogP contribution in [-0.4, -0.2) is 6.21 Å². The number of aryl methyl sites for hydroxylation is 1. The number of nitrogens with one attached hydrogen (secondary N) is 1. The van der Waals surface area contributed by atoms with Crippen molar-refractivity contribution in [3.8, 4) is 0 Å². The minimum atomic E-state index is 0.653. The van der Waals surface area contributed by atoms with Gasteiger partial charge in [0.2, 0.25) is 0 Å². The van der Waals surface area contributed by atoms with E-state index in [9.17, 15) is 0 Å². The molecule has 3 heteroatoms. The van der Waals surface area contributed by atoms with Crippen molar-refractivity contribution in [2.45, 2.75) is 13.8 Å². The molecule has 0 saturated carbocycles. The van der Waals surface area contributed by atoms with Crippen LogP contribution in [0, 0.1) is 19.3 Å². The summed E-state index contributed by atoms with van der Waals surface area (Å²) in [6.07, 6.45) is 1.27. The molecule has 0 amide bonds. The molecule has 0 aromatic heterocycles. The van der Waals surface area contributed by atoms with Crippen molar-refractivity contribution in [2.75, 3.05) is 5.73 Å². The van der Waals surface area contributed by atoms with Crippen molar-refractivity contribution in [3.05, 3.63) is 27.2 Å². The summed E-state index contributed by atoms with van der Waals surface area (Å²) in [5.41, 5.74) is 9.42. The van der Waals surface area contributed by atoms with Crippen LogP contribution in [0.4, 0.5) is 5.69 Å². The van der Waals surface area contributed by atoms with Gasteiger partial charge in [0.15, 0.2) is 0 Å². The summed E-state index contributed by atoms with van der Waals surface area (Å²) in [7, 11) is 0. The Morgan fingerprint density at radius 1 is 1.50 bits per heavy atom. The van der Waals surface area contributed by atoms with E-state index in [1.807, 2.05) is 19.9 Å². The van der Waals surface area contributed by atoms with Gasteiger partial charge >= 0.3 is 0 Å². The van der Waals surface area contributed by atoms with Crippen LogP contribution in [0.5, 0.6) is 0 Å². The number of benzene rings is 1. The maximum Gasteiger partial charge on any atom is 0.0417 e. The Bertz CT molecular complexity index is 332. The lowest BCUT2D eigenvalue weighted by Crippen LogP contribution is -1.97. The molecular formula is C9H11BrN2. The Balaban J connectivity index is 3.51. The SMILES string of the molecule is Cc1cc(N)c(C=N)c(Br)c1C. The van der Waals surface area contributed by atoms with Gasteiger partial charge in [-0.15, -0.1) is 0 Å². The third-order valence-corrected chi connectivity index (χ3v) is 3.01. The molecule has 0 aliphatic carbocycles. The first-order valence-corrected chi connectivity index (χ1v) is 4.43. The highest BCUT2D eigenvalue weighted by molar-refractivity contribution is 9.10. The fraction of sp³-hybridized carbons (Fsp3) is 0.222. The summed E-state index contributed by atoms with van der Waals surface area (Å²) in [5.74, 6) is 0. The van der Waals surface area contributed by atoms with Gasteiger partial charge in [-0.25, -0.2) is 0 Å². The standard InChI is InChI=1S/C9H11BrN2/c1-5-3-8(12)7(4-11)9(10)6(5)2/h3-4,11H,12H2,1-2H3. The number of nitrogens with two attached hydrogens (primary N) is 1. The lowest BCUT2D eigenvalue weighted by molar-refractivity contribution is 1.31. The van der Waals surface area contributed by atoms with Gasteiger partial charge in [0.25, 0.3) is 0 Å². The minimum absolute atomic E-state index is 0.653. The molecule has 0 radical (unpaired) electrons. The van der Waals surface area contributed by atoms with Crippen molar-refractivity contribution in [1.82, 2.24) is 0 Å². The molecule has 12 heavy (non-hydrogen) atoms. The molecular weight excluding hydrogens is 216 g/mol. The fourth-order valence-electron chi connectivity index (χ4n) is 1.07. The summed E-state index contributed by atoms with van der Waals surface area (Å²) >= 11 is 3.41. The second-order valence-electron chi connectivity index (χ2n) is 2.78. The summed E-state index contributed by atoms with van der Waals surface area (Å²) < 4.78 is 0.926. The van der Waals surface area contributed by atoms with E-state index in [0.29, 0.717) is 5.69 Å². The predicted octanol–water partition coefficient (Wildman–Crippen LogP) is 2.65. The lowest BCUT2D eigenvalue weighted by Gasteiger charge is -2.08. The van der Waals surface area contributed by atoms with Gasteiger partial charge in [0, 0.05) is 21.9 Å². The molecule has 64 valence electrons.